The Hall–Kier alpha value is -1.46. The summed E-state index contributed by atoms with van der Waals surface area (Å²) in [5.74, 6) is -0.215. The SMILES string of the molecule is COC(=O)CC1Nc2ccc(Br)cc2Sc2ccccc21. The standard InChI is InChI=1S/C16H14BrNO2S/c1-20-16(19)9-13-11-4-2-3-5-14(11)21-15-8-10(17)6-7-12(15)18-13/h2-8,13,18H,9H2,1H3. The number of methoxy groups -OCH3 is 1. The molecule has 1 N–H and O–H groups in total. The second-order valence-electron chi connectivity index (χ2n) is 4.76. The van der Waals surface area contributed by atoms with Crippen molar-refractivity contribution in [2.24, 2.45) is 0 Å². The number of rotatable bonds is 2. The first kappa shape index (κ1) is 14.5. The molecule has 0 bridgehead atoms. The first-order valence-corrected chi connectivity index (χ1v) is 8.18. The molecular weight excluding hydrogens is 350 g/mol. The fourth-order valence-corrected chi connectivity index (χ4v) is 4.00. The van der Waals surface area contributed by atoms with E-state index in [2.05, 4.69) is 39.4 Å². The number of carbonyl (C=O) groups excluding carboxylic acids is 1. The van der Waals surface area contributed by atoms with E-state index in [0.29, 0.717) is 6.42 Å². The number of esters is 1. The molecule has 0 saturated heterocycles. The molecule has 3 nitrogen and oxygen atoms in total. The van der Waals surface area contributed by atoms with Gasteiger partial charge in [0.25, 0.3) is 0 Å². The van der Waals surface area contributed by atoms with Crippen LogP contribution in [0.2, 0.25) is 0 Å². The predicted octanol–water partition coefficient (Wildman–Crippen LogP) is 4.63. The molecule has 1 aliphatic heterocycles. The van der Waals surface area contributed by atoms with E-state index in [0.717, 1.165) is 25.5 Å². The number of ether oxygens (including phenoxy) is 1. The molecule has 2 aromatic rings. The van der Waals surface area contributed by atoms with Crippen molar-refractivity contribution in [3.05, 3.63) is 52.5 Å². The molecule has 0 saturated carbocycles. The predicted molar refractivity (Wildman–Crippen MR) is 87.7 cm³/mol. The molecule has 5 heteroatoms. The van der Waals surface area contributed by atoms with Crippen molar-refractivity contribution < 1.29 is 9.53 Å². The molecule has 0 fully saturated rings. The van der Waals surface area contributed by atoms with Gasteiger partial charge in [0.05, 0.1) is 19.6 Å². The second kappa shape index (κ2) is 6.12. The van der Waals surface area contributed by atoms with Crippen LogP contribution in [-0.2, 0) is 9.53 Å². The van der Waals surface area contributed by atoms with Gasteiger partial charge in [0.1, 0.15) is 0 Å². The van der Waals surface area contributed by atoms with Crippen molar-refractivity contribution in [3.63, 3.8) is 0 Å². The van der Waals surface area contributed by atoms with Crippen molar-refractivity contribution in [3.8, 4) is 0 Å². The van der Waals surface area contributed by atoms with E-state index in [9.17, 15) is 4.79 Å². The van der Waals surface area contributed by atoms with Gasteiger partial charge in [0.15, 0.2) is 0 Å². The van der Waals surface area contributed by atoms with Crippen LogP contribution in [0.3, 0.4) is 0 Å². The van der Waals surface area contributed by atoms with Gasteiger partial charge in [-0.2, -0.15) is 0 Å². The average molecular weight is 364 g/mol. The van der Waals surface area contributed by atoms with Gasteiger partial charge in [-0.1, -0.05) is 45.9 Å². The first-order valence-electron chi connectivity index (χ1n) is 6.57. The molecule has 108 valence electrons. The number of halogens is 1. The van der Waals surface area contributed by atoms with Gasteiger partial charge < -0.3 is 10.1 Å². The summed E-state index contributed by atoms with van der Waals surface area (Å²) in [5, 5.41) is 3.47. The van der Waals surface area contributed by atoms with Crippen LogP contribution in [0.4, 0.5) is 5.69 Å². The van der Waals surface area contributed by atoms with Crippen LogP contribution in [0.15, 0.2) is 56.7 Å². The minimum atomic E-state index is -0.215. The van der Waals surface area contributed by atoms with Crippen molar-refractivity contribution in [1.29, 1.82) is 0 Å². The lowest BCUT2D eigenvalue weighted by Gasteiger charge is -2.18. The van der Waals surface area contributed by atoms with Gasteiger partial charge in [-0.25, -0.2) is 0 Å². The highest BCUT2D eigenvalue weighted by atomic mass is 79.9. The monoisotopic (exact) mass is 363 g/mol. The Balaban J connectivity index is 2.05. The number of carbonyl (C=O) groups is 1. The third kappa shape index (κ3) is 3.09. The summed E-state index contributed by atoms with van der Waals surface area (Å²) >= 11 is 5.22. The van der Waals surface area contributed by atoms with E-state index >= 15 is 0 Å². The largest absolute Gasteiger partial charge is 0.469 e. The average Bonchev–Trinajstić information content (AvgIpc) is 2.63. The zero-order valence-corrected chi connectivity index (χ0v) is 13.8. The van der Waals surface area contributed by atoms with Crippen LogP contribution in [0, 0.1) is 0 Å². The molecule has 21 heavy (non-hydrogen) atoms. The van der Waals surface area contributed by atoms with Gasteiger partial charge in [0, 0.05) is 20.0 Å². The molecule has 1 unspecified atom stereocenters. The quantitative estimate of drug-likeness (QED) is 0.789. The minimum absolute atomic E-state index is 0.0800. The Kier molecular flexibility index (Phi) is 4.22. The van der Waals surface area contributed by atoms with E-state index in [1.165, 1.54) is 7.11 Å². The Labute approximate surface area is 136 Å². The molecule has 0 aromatic heterocycles. The van der Waals surface area contributed by atoms with Crippen LogP contribution >= 0.6 is 27.7 Å². The molecule has 2 aromatic carbocycles. The lowest BCUT2D eigenvalue weighted by Crippen LogP contribution is -2.16. The van der Waals surface area contributed by atoms with Crippen molar-refractivity contribution in [2.45, 2.75) is 22.3 Å². The third-order valence-electron chi connectivity index (χ3n) is 3.39. The molecule has 0 amide bonds. The van der Waals surface area contributed by atoms with Gasteiger partial charge >= 0.3 is 5.97 Å². The molecule has 3 rings (SSSR count). The van der Waals surface area contributed by atoms with Crippen LogP contribution in [0.1, 0.15) is 18.0 Å². The highest BCUT2D eigenvalue weighted by molar-refractivity contribution is 9.10. The topological polar surface area (TPSA) is 38.3 Å². The molecule has 0 aliphatic carbocycles. The number of fused-ring (bicyclic) bond motifs is 2. The van der Waals surface area contributed by atoms with E-state index in [-0.39, 0.29) is 12.0 Å². The summed E-state index contributed by atoms with van der Waals surface area (Å²) < 4.78 is 5.86. The maximum absolute atomic E-state index is 11.7. The van der Waals surface area contributed by atoms with E-state index < -0.39 is 0 Å². The van der Waals surface area contributed by atoms with Crippen LogP contribution < -0.4 is 5.32 Å². The third-order valence-corrected chi connectivity index (χ3v) is 5.03. The van der Waals surface area contributed by atoms with E-state index in [1.807, 2.05) is 24.3 Å². The molecular formula is C16H14BrNO2S. The Bertz CT molecular complexity index is 690. The van der Waals surface area contributed by atoms with Crippen molar-refractivity contribution >= 4 is 39.3 Å². The van der Waals surface area contributed by atoms with Gasteiger partial charge in [-0.15, -0.1) is 0 Å². The molecule has 1 atom stereocenters. The van der Waals surface area contributed by atoms with Gasteiger partial charge in [-0.05, 0) is 29.8 Å². The highest BCUT2D eigenvalue weighted by Crippen LogP contribution is 2.44. The lowest BCUT2D eigenvalue weighted by atomic mass is 10.0. The zero-order valence-electron chi connectivity index (χ0n) is 11.4. The molecule has 1 heterocycles. The van der Waals surface area contributed by atoms with Crippen molar-refractivity contribution in [2.75, 3.05) is 12.4 Å². The Morgan fingerprint density at radius 1 is 1.29 bits per heavy atom. The van der Waals surface area contributed by atoms with Crippen LogP contribution in [0.5, 0.6) is 0 Å². The number of anilines is 1. The van der Waals surface area contributed by atoms with Gasteiger partial charge in [-0.3, -0.25) is 4.79 Å². The summed E-state index contributed by atoms with van der Waals surface area (Å²) in [6.07, 6.45) is 0.309. The van der Waals surface area contributed by atoms with Crippen molar-refractivity contribution in [1.82, 2.24) is 0 Å². The van der Waals surface area contributed by atoms with Crippen LogP contribution in [0.25, 0.3) is 0 Å². The molecule has 1 aliphatic rings. The number of benzene rings is 2. The van der Waals surface area contributed by atoms with Gasteiger partial charge in [0.2, 0.25) is 0 Å². The summed E-state index contributed by atoms with van der Waals surface area (Å²) in [6.45, 7) is 0. The first-order chi connectivity index (χ1) is 10.2. The normalized spacial score (nSPS) is 16.2. The van der Waals surface area contributed by atoms with Crippen LogP contribution in [-0.4, -0.2) is 13.1 Å². The summed E-state index contributed by atoms with van der Waals surface area (Å²) in [4.78, 5) is 14.0. The number of hydrogen-bond acceptors (Lipinski definition) is 4. The number of nitrogens with one attached hydrogen (secondary N) is 1. The molecule has 0 spiro atoms. The maximum atomic E-state index is 11.7. The summed E-state index contributed by atoms with van der Waals surface area (Å²) in [7, 11) is 1.42. The Morgan fingerprint density at radius 2 is 2.10 bits per heavy atom. The fraction of sp³-hybridized carbons (Fsp3) is 0.188. The fourth-order valence-electron chi connectivity index (χ4n) is 2.36. The second-order valence-corrected chi connectivity index (χ2v) is 6.76. The minimum Gasteiger partial charge on any atom is -0.469 e. The summed E-state index contributed by atoms with van der Waals surface area (Å²) in [6, 6.07) is 14.2. The Morgan fingerprint density at radius 3 is 2.90 bits per heavy atom. The summed E-state index contributed by atoms with van der Waals surface area (Å²) in [5.41, 5.74) is 2.16. The maximum Gasteiger partial charge on any atom is 0.307 e. The highest BCUT2D eigenvalue weighted by Gasteiger charge is 2.24. The molecule has 0 radical (unpaired) electrons. The van der Waals surface area contributed by atoms with E-state index in [1.54, 1.807) is 11.8 Å². The van der Waals surface area contributed by atoms with E-state index in [4.69, 9.17) is 4.74 Å². The zero-order chi connectivity index (χ0) is 14.8. The number of hydrogen-bond donors (Lipinski definition) is 1. The smallest absolute Gasteiger partial charge is 0.307 e. The lowest BCUT2D eigenvalue weighted by molar-refractivity contribution is -0.140.